The zero-order chi connectivity index (χ0) is 19.6. The Kier molecular flexibility index (Phi) is 7.37. The third-order valence-electron chi connectivity index (χ3n) is 3.61. The molecule has 2 aromatic carbocycles. The monoisotopic (exact) mass is 369 g/mol. The van der Waals surface area contributed by atoms with Gasteiger partial charge in [0.2, 0.25) is 11.8 Å². The van der Waals surface area contributed by atoms with Crippen LogP contribution in [0, 0.1) is 0 Å². The first-order valence-electron chi connectivity index (χ1n) is 8.72. The first-order chi connectivity index (χ1) is 13.0. The summed E-state index contributed by atoms with van der Waals surface area (Å²) in [7, 11) is 0. The highest BCUT2D eigenvalue weighted by Gasteiger charge is 2.09. The van der Waals surface area contributed by atoms with E-state index >= 15 is 0 Å². The minimum atomic E-state index is -0.348. The third-order valence-corrected chi connectivity index (χ3v) is 3.61. The van der Waals surface area contributed by atoms with Crippen molar-refractivity contribution in [3.05, 3.63) is 54.1 Å². The van der Waals surface area contributed by atoms with Crippen LogP contribution in [-0.2, 0) is 9.59 Å². The van der Waals surface area contributed by atoms with E-state index in [2.05, 4.69) is 16.0 Å². The molecule has 0 unspecified atom stereocenters. The Morgan fingerprint density at radius 3 is 1.89 bits per heavy atom. The lowest BCUT2D eigenvalue weighted by atomic mass is 10.2. The number of rotatable bonds is 8. The summed E-state index contributed by atoms with van der Waals surface area (Å²) in [6, 6.07) is 13.4. The molecule has 0 spiro atoms. The number of nitrogens with one attached hydrogen (secondary N) is 3. The third kappa shape index (κ3) is 6.47. The van der Waals surface area contributed by atoms with Gasteiger partial charge < -0.3 is 20.7 Å². The van der Waals surface area contributed by atoms with E-state index in [0.29, 0.717) is 35.7 Å². The van der Waals surface area contributed by atoms with E-state index in [4.69, 9.17) is 4.74 Å². The summed E-state index contributed by atoms with van der Waals surface area (Å²) >= 11 is 0. The largest absolute Gasteiger partial charge is 0.494 e. The molecular formula is C20H23N3O4. The molecule has 7 nitrogen and oxygen atoms in total. The van der Waals surface area contributed by atoms with Gasteiger partial charge in [-0.2, -0.15) is 0 Å². The van der Waals surface area contributed by atoms with Gasteiger partial charge in [0.1, 0.15) is 5.75 Å². The molecular weight excluding hydrogens is 346 g/mol. The van der Waals surface area contributed by atoms with Gasteiger partial charge in [-0.1, -0.05) is 6.92 Å². The molecule has 2 aromatic rings. The molecule has 0 fully saturated rings. The number of hydrogen-bond donors (Lipinski definition) is 3. The van der Waals surface area contributed by atoms with E-state index in [-0.39, 0.29) is 24.3 Å². The Morgan fingerprint density at radius 2 is 1.37 bits per heavy atom. The van der Waals surface area contributed by atoms with Gasteiger partial charge in [0.25, 0.3) is 5.91 Å². The average molecular weight is 369 g/mol. The van der Waals surface area contributed by atoms with Crippen molar-refractivity contribution in [3.63, 3.8) is 0 Å². The summed E-state index contributed by atoms with van der Waals surface area (Å²) < 4.78 is 5.32. The number of carbonyl (C=O) groups is 3. The van der Waals surface area contributed by atoms with E-state index in [1.165, 1.54) is 0 Å². The van der Waals surface area contributed by atoms with Crippen LogP contribution in [-0.4, -0.2) is 30.9 Å². The highest BCUT2D eigenvalue weighted by molar-refractivity contribution is 5.99. The molecule has 3 N–H and O–H groups in total. The van der Waals surface area contributed by atoms with E-state index < -0.39 is 0 Å². The SMILES string of the molecule is CCOc1ccc(C(=O)NCC(=O)Nc2ccc(NC(=O)CC)cc2)cc1. The fourth-order valence-electron chi connectivity index (χ4n) is 2.22. The summed E-state index contributed by atoms with van der Waals surface area (Å²) in [5.74, 6) is -0.0837. The Balaban J connectivity index is 1.81. The van der Waals surface area contributed by atoms with E-state index in [0.717, 1.165) is 0 Å². The zero-order valence-corrected chi connectivity index (χ0v) is 15.4. The van der Waals surface area contributed by atoms with Gasteiger partial charge in [0, 0.05) is 23.4 Å². The second-order valence-corrected chi connectivity index (χ2v) is 5.67. The predicted molar refractivity (Wildman–Crippen MR) is 104 cm³/mol. The fraction of sp³-hybridized carbons (Fsp3) is 0.250. The van der Waals surface area contributed by atoms with E-state index in [1.807, 2.05) is 6.92 Å². The first kappa shape index (κ1) is 20.0. The molecule has 7 heteroatoms. The second-order valence-electron chi connectivity index (χ2n) is 5.67. The Labute approximate surface area is 158 Å². The van der Waals surface area contributed by atoms with Crippen molar-refractivity contribution in [1.29, 1.82) is 0 Å². The van der Waals surface area contributed by atoms with Crippen molar-refractivity contribution < 1.29 is 19.1 Å². The van der Waals surface area contributed by atoms with E-state index in [9.17, 15) is 14.4 Å². The lowest BCUT2D eigenvalue weighted by Gasteiger charge is -2.09. The van der Waals surface area contributed by atoms with E-state index in [1.54, 1.807) is 55.5 Å². The van der Waals surface area contributed by atoms with Crippen LogP contribution in [0.5, 0.6) is 5.75 Å². The lowest BCUT2D eigenvalue weighted by Crippen LogP contribution is -2.32. The fourth-order valence-corrected chi connectivity index (χ4v) is 2.22. The van der Waals surface area contributed by atoms with Crippen LogP contribution < -0.4 is 20.7 Å². The molecule has 27 heavy (non-hydrogen) atoms. The zero-order valence-electron chi connectivity index (χ0n) is 15.4. The molecule has 0 aliphatic rings. The lowest BCUT2D eigenvalue weighted by molar-refractivity contribution is -0.116. The van der Waals surface area contributed by atoms with Gasteiger partial charge in [-0.25, -0.2) is 0 Å². The molecule has 0 aromatic heterocycles. The highest BCUT2D eigenvalue weighted by Crippen LogP contribution is 2.14. The summed E-state index contributed by atoms with van der Waals surface area (Å²) in [5, 5.41) is 7.97. The van der Waals surface area contributed by atoms with Gasteiger partial charge in [0.05, 0.1) is 13.2 Å². The van der Waals surface area contributed by atoms with Crippen molar-refractivity contribution in [2.45, 2.75) is 20.3 Å². The number of amides is 3. The minimum absolute atomic E-state index is 0.0798. The van der Waals surface area contributed by atoms with Gasteiger partial charge >= 0.3 is 0 Å². The molecule has 2 rings (SSSR count). The van der Waals surface area contributed by atoms with Gasteiger partial charge in [0.15, 0.2) is 0 Å². The quantitative estimate of drug-likeness (QED) is 0.667. The second kappa shape index (κ2) is 9.96. The van der Waals surface area contributed by atoms with Crippen molar-refractivity contribution in [2.75, 3.05) is 23.8 Å². The molecule has 0 heterocycles. The molecule has 0 saturated carbocycles. The molecule has 0 aliphatic carbocycles. The van der Waals surface area contributed by atoms with Gasteiger partial charge in [-0.3, -0.25) is 14.4 Å². The van der Waals surface area contributed by atoms with Crippen LogP contribution in [0.3, 0.4) is 0 Å². The van der Waals surface area contributed by atoms with Crippen LogP contribution in [0.25, 0.3) is 0 Å². The smallest absolute Gasteiger partial charge is 0.251 e. The number of benzene rings is 2. The van der Waals surface area contributed by atoms with Crippen LogP contribution >= 0.6 is 0 Å². The maximum absolute atomic E-state index is 12.1. The Bertz CT molecular complexity index is 786. The van der Waals surface area contributed by atoms with Crippen LogP contribution in [0.15, 0.2) is 48.5 Å². The summed E-state index contributed by atoms with van der Waals surface area (Å²) in [4.78, 5) is 35.4. The topological polar surface area (TPSA) is 96.5 Å². The normalized spacial score (nSPS) is 10.0. The molecule has 0 saturated heterocycles. The summed E-state index contributed by atoms with van der Waals surface area (Å²) in [6.45, 7) is 4.05. The molecule has 142 valence electrons. The molecule has 0 radical (unpaired) electrons. The van der Waals surface area contributed by atoms with Crippen molar-refractivity contribution in [3.8, 4) is 5.75 Å². The van der Waals surface area contributed by atoms with Gasteiger partial charge in [-0.05, 0) is 55.5 Å². The number of carbonyl (C=O) groups excluding carboxylic acids is 3. The molecule has 0 bridgehead atoms. The summed E-state index contributed by atoms with van der Waals surface area (Å²) in [5.41, 5.74) is 1.68. The molecule has 0 aliphatic heterocycles. The number of hydrogen-bond acceptors (Lipinski definition) is 4. The molecule has 3 amide bonds. The minimum Gasteiger partial charge on any atom is -0.494 e. The molecule has 0 atom stereocenters. The Hall–Kier alpha value is -3.35. The average Bonchev–Trinajstić information content (AvgIpc) is 2.68. The maximum Gasteiger partial charge on any atom is 0.251 e. The highest BCUT2D eigenvalue weighted by atomic mass is 16.5. The standard InChI is InChI=1S/C20H23N3O4/c1-3-18(24)22-15-7-9-16(10-8-15)23-19(25)13-21-20(26)14-5-11-17(12-6-14)27-4-2/h5-12H,3-4,13H2,1-2H3,(H,21,26)(H,22,24)(H,23,25). The van der Waals surface area contributed by atoms with Crippen LogP contribution in [0.4, 0.5) is 11.4 Å². The van der Waals surface area contributed by atoms with Crippen molar-refractivity contribution in [1.82, 2.24) is 5.32 Å². The first-order valence-corrected chi connectivity index (χ1v) is 8.72. The van der Waals surface area contributed by atoms with Crippen molar-refractivity contribution in [2.24, 2.45) is 0 Å². The van der Waals surface area contributed by atoms with Crippen LogP contribution in [0.2, 0.25) is 0 Å². The predicted octanol–water partition coefficient (Wildman–Crippen LogP) is 2.80. The van der Waals surface area contributed by atoms with Crippen molar-refractivity contribution >= 4 is 29.1 Å². The number of anilines is 2. The Morgan fingerprint density at radius 1 is 0.815 bits per heavy atom. The van der Waals surface area contributed by atoms with Gasteiger partial charge in [-0.15, -0.1) is 0 Å². The number of ether oxygens (including phenoxy) is 1. The summed E-state index contributed by atoms with van der Waals surface area (Å²) in [6.07, 6.45) is 0.395. The van der Waals surface area contributed by atoms with Crippen LogP contribution in [0.1, 0.15) is 30.6 Å². The maximum atomic E-state index is 12.1.